The molecule has 0 aliphatic carbocycles. The Morgan fingerprint density at radius 2 is 2.21 bits per heavy atom. The third-order valence-electron chi connectivity index (χ3n) is 2.52. The fourth-order valence-electron chi connectivity index (χ4n) is 1.62. The van der Waals surface area contributed by atoms with Gasteiger partial charge < -0.3 is 10.2 Å². The highest BCUT2D eigenvalue weighted by atomic mass is 32.2. The van der Waals surface area contributed by atoms with Gasteiger partial charge >= 0.3 is 0 Å². The van der Waals surface area contributed by atoms with Gasteiger partial charge in [0.05, 0.1) is 11.6 Å². The second-order valence-corrected chi connectivity index (χ2v) is 7.06. The highest BCUT2D eigenvalue weighted by Crippen LogP contribution is 2.20. The molecule has 104 valence electrons. The largest absolute Gasteiger partial charge is 0.464 e. The molecule has 8 heteroatoms. The number of nitrogens with two attached hydrogens (primary N) is 1. The molecule has 6 nitrogen and oxygen atoms in total. The van der Waals surface area contributed by atoms with E-state index >= 15 is 0 Å². The molecular weight excluding hydrogens is 286 g/mol. The van der Waals surface area contributed by atoms with E-state index in [1.54, 1.807) is 13.1 Å². The van der Waals surface area contributed by atoms with Crippen LogP contribution in [0.3, 0.4) is 0 Å². The third-order valence-corrected chi connectivity index (χ3v) is 4.94. The van der Waals surface area contributed by atoms with Crippen molar-refractivity contribution in [2.45, 2.75) is 31.8 Å². The van der Waals surface area contributed by atoms with E-state index in [-0.39, 0.29) is 18.0 Å². The summed E-state index contributed by atoms with van der Waals surface area (Å²) in [5, 5.41) is 0.902. The van der Waals surface area contributed by atoms with Crippen LogP contribution < -0.4 is 10.5 Å². The Labute approximate surface area is 115 Å². The summed E-state index contributed by atoms with van der Waals surface area (Å²) in [6, 6.07) is 1.45. The molecule has 2 aromatic rings. The minimum Gasteiger partial charge on any atom is -0.464 e. The van der Waals surface area contributed by atoms with Gasteiger partial charge in [0.25, 0.3) is 0 Å². The maximum absolute atomic E-state index is 12.1. The summed E-state index contributed by atoms with van der Waals surface area (Å²) in [6.45, 7) is 3.86. The molecule has 0 unspecified atom stereocenters. The average Bonchev–Trinajstić information content (AvgIpc) is 2.93. The Kier molecular flexibility index (Phi) is 4.04. The van der Waals surface area contributed by atoms with Crippen molar-refractivity contribution in [1.82, 2.24) is 9.71 Å². The molecule has 2 rings (SSSR count). The molecule has 0 aliphatic heterocycles. The predicted molar refractivity (Wildman–Crippen MR) is 72.2 cm³/mol. The van der Waals surface area contributed by atoms with Gasteiger partial charge in [0.15, 0.2) is 0 Å². The first-order valence-electron chi connectivity index (χ1n) is 5.62. The zero-order chi connectivity index (χ0) is 14.0. The van der Waals surface area contributed by atoms with Crippen molar-refractivity contribution < 1.29 is 12.8 Å². The number of furan rings is 1. The number of hydrogen-bond donors (Lipinski definition) is 2. The second kappa shape index (κ2) is 5.41. The number of thiazole rings is 1. The zero-order valence-corrected chi connectivity index (χ0v) is 12.3. The van der Waals surface area contributed by atoms with Crippen LogP contribution in [-0.2, 0) is 23.1 Å². The third kappa shape index (κ3) is 3.21. The zero-order valence-electron chi connectivity index (χ0n) is 10.6. The van der Waals surface area contributed by atoms with Crippen LogP contribution in [0.5, 0.6) is 0 Å². The Bertz CT molecular complexity index is 673. The summed E-state index contributed by atoms with van der Waals surface area (Å²) < 4.78 is 32.0. The van der Waals surface area contributed by atoms with Crippen LogP contribution in [0.2, 0.25) is 0 Å². The Morgan fingerprint density at radius 3 is 2.74 bits per heavy atom. The van der Waals surface area contributed by atoms with Crippen LogP contribution in [0.1, 0.15) is 21.4 Å². The molecule has 0 spiro atoms. The summed E-state index contributed by atoms with van der Waals surface area (Å²) in [4.78, 5) is 5.07. The fourth-order valence-corrected chi connectivity index (χ4v) is 3.66. The molecule has 0 radical (unpaired) electrons. The van der Waals surface area contributed by atoms with Crippen LogP contribution in [0.4, 0.5) is 0 Å². The number of aromatic nitrogens is 1. The van der Waals surface area contributed by atoms with Crippen molar-refractivity contribution in [2.24, 2.45) is 5.73 Å². The van der Waals surface area contributed by atoms with Gasteiger partial charge in [-0.05, 0) is 13.8 Å². The van der Waals surface area contributed by atoms with E-state index in [1.165, 1.54) is 17.4 Å². The lowest BCUT2D eigenvalue weighted by molar-refractivity contribution is 0.478. The molecular formula is C11H15N3O3S2. The molecule has 0 fully saturated rings. The van der Waals surface area contributed by atoms with Gasteiger partial charge in [-0.1, -0.05) is 0 Å². The van der Waals surface area contributed by atoms with E-state index in [9.17, 15) is 8.42 Å². The van der Waals surface area contributed by atoms with Gasteiger partial charge in [0.2, 0.25) is 10.0 Å². The van der Waals surface area contributed by atoms with E-state index < -0.39 is 10.0 Å². The molecule has 0 saturated carbocycles. The van der Waals surface area contributed by atoms with Crippen molar-refractivity contribution in [1.29, 1.82) is 0 Å². The molecule has 0 amide bonds. The Morgan fingerprint density at radius 1 is 1.47 bits per heavy atom. The fraction of sp³-hybridized carbons (Fsp3) is 0.364. The van der Waals surface area contributed by atoms with Gasteiger partial charge in [0.1, 0.15) is 16.4 Å². The van der Waals surface area contributed by atoms with E-state index in [1.807, 2.05) is 6.92 Å². The molecule has 0 bridgehead atoms. The Hall–Kier alpha value is -1.22. The quantitative estimate of drug-likeness (QED) is 0.867. The lowest BCUT2D eigenvalue weighted by atomic mass is 10.4. The molecule has 19 heavy (non-hydrogen) atoms. The van der Waals surface area contributed by atoms with Crippen LogP contribution in [0, 0.1) is 13.8 Å². The van der Waals surface area contributed by atoms with Crippen LogP contribution in [-0.4, -0.2) is 13.4 Å². The van der Waals surface area contributed by atoms with Gasteiger partial charge in [-0.15, -0.1) is 11.3 Å². The van der Waals surface area contributed by atoms with Crippen molar-refractivity contribution in [3.63, 3.8) is 0 Å². The van der Waals surface area contributed by atoms with Crippen molar-refractivity contribution in [2.75, 3.05) is 0 Å². The van der Waals surface area contributed by atoms with E-state index in [0.29, 0.717) is 11.5 Å². The molecule has 0 saturated heterocycles. The number of hydrogen-bond acceptors (Lipinski definition) is 6. The first-order valence-corrected chi connectivity index (χ1v) is 7.92. The molecule has 3 N–H and O–H groups in total. The van der Waals surface area contributed by atoms with Gasteiger partial charge in [0, 0.05) is 23.7 Å². The number of rotatable bonds is 5. The number of nitrogens with one attached hydrogen (secondary N) is 1. The lowest BCUT2D eigenvalue weighted by Gasteiger charge is -2.03. The number of aryl methyl sites for hydroxylation is 2. The molecule has 2 heterocycles. The summed E-state index contributed by atoms with van der Waals surface area (Å²) in [7, 11) is -3.59. The predicted octanol–water partition coefficient (Wildman–Crippen LogP) is 1.29. The van der Waals surface area contributed by atoms with Gasteiger partial charge in [-0.3, -0.25) is 0 Å². The summed E-state index contributed by atoms with van der Waals surface area (Å²) in [6.07, 6.45) is 1.66. The monoisotopic (exact) mass is 301 g/mol. The summed E-state index contributed by atoms with van der Waals surface area (Å²) in [5.74, 6) is 0.792. The van der Waals surface area contributed by atoms with Crippen molar-refractivity contribution in [3.8, 4) is 0 Å². The highest BCUT2D eigenvalue weighted by Gasteiger charge is 2.21. The lowest BCUT2D eigenvalue weighted by Crippen LogP contribution is -2.23. The minimum atomic E-state index is -3.59. The smallest absolute Gasteiger partial charge is 0.244 e. The number of sulfonamides is 1. The van der Waals surface area contributed by atoms with E-state index in [0.717, 1.165) is 9.88 Å². The SMILES string of the molecule is Cc1ncc(CNS(=O)(=O)c2cc(CN)oc2C)s1. The number of nitrogens with zero attached hydrogens (tertiary/aromatic N) is 1. The molecule has 0 aliphatic rings. The van der Waals surface area contributed by atoms with Gasteiger partial charge in [-0.2, -0.15) is 0 Å². The van der Waals surface area contributed by atoms with Crippen molar-refractivity contribution >= 4 is 21.4 Å². The van der Waals surface area contributed by atoms with Crippen LogP contribution in [0.25, 0.3) is 0 Å². The maximum Gasteiger partial charge on any atom is 0.244 e. The Balaban J connectivity index is 2.15. The summed E-state index contributed by atoms with van der Waals surface area (Å²) in [5.41, 5.74) is 5.43. The average molecular weight is 301 g/mol. The standard InChI is InChI=1S/C11H15N3O3S2/c1-7-11(3-9(4-12)17-7)19(15,16)14-6-10-5-13-8(2)18-10/h3,5,14H,4,6,12H2,1-2H3. The van der Waals surface area contributed by atoms with Gasteiger partial charge in [-0.25, -0.2) is 18.1 Å². The normalized spacial score (nSPS) is 11.9. The summed E-state index contributed by atoms with van der Waals surface area (Å²) >= 11 is 1.46. The first-order chi connectivity index (χ1) is 8.92. The van der Waals surface area contributed by atoms with E-state index in [4.69, 9.17) is 10.2 Å². The second-order valence-electron chi connectivity index (χ2n) is 4.01. The van der Waals surface area contributed by atoms with Crippen LogP contribution in [0.15, 0.2) is 21.6 Å². The first kappa shape index (κ1) is 14.2. The van der Waals surface area contributed by atoms with Crippen LogP contribution >= 0.6 is 11.3 Å². The topological polar surface area (TPSA) is 98.2 Å². The molecule has 0 aromatic carbocycles. The van der Waals surface area contributed by atoms with E-state index in [2.05, 4.69) is 9.71 Å². The minimum absolute atomic E-state index is 0.134. The highest BCUT2D eigenvalue weighted by molar-refractivity contribution is 7.89. The molecule has 0 atom stereocenters. The molecule has 2 aromatic heterocycles. The van der Waals surface area contributed by atoms with Crippen molar-refractivity contribution in [3.05, 3.63) is 33.7 Å². The maximum atomic E-state index is 12.1.